The van der Waals surface area contributed by atoms with E-state index in [9.17, 15) is 26.7 Å². The Labute approximate surface area is 221 Å². The summed E-state index contributed by atoms with van der Waals surface area (Å²) in [5.74, 6) is -1.16. The second-order valence-corrected chi connectivity index (χ2v) is 12.9. The zero-order valence-electron chi connectivity index (χ0n) is 20.0. The van der Waals surface area contributed by atoms with Crippen molar-refractivity contribution >= 4 is 48.9 Å². The highest BCUT2D eigenvalue weighted by atomic mass is 35.5. The minimum Gasteiger partial charge on any atom is -0.506 e. The molecule has 1 saturated heterocycles. The number of hydrogen-bond donors (Lipinski definition) is 2. The molecule has 0 saturated carbocycles. The summed E-state index contributed by atoms with van der Waals surface area (Å²) in [5.41, 5.74) is 0.127. The topological polar surface area (TPSA) is 124 Å². The number of hydrogen-bond acceptors (Lipinski definition) is 6. The van der Waals surface area contributed by atoms with Crippen LogP contribution in [-0.4, -0.2) is 52.3 Å². The normalized spacial score (nSPS) is 14.8. The number of anilines is 2. The molecule has 2 N–H and O–H groups in total. The summed E-state index contributed by atoms with van der Waals surface area (Å²) in [4.78, 5) is 12.9. The minimum absolute atomic E-state index is 0.0182. The van der Waals surface area contributed by atoms with Crippen LogP contribution >= 0.6 is 11.6 Å². The highest BCUT2D eigenvalue weighted by Crippen LogP contribution is 2.31. The molecule has 4 rings (SSSR count). The van der Waals surface area contributed by atoms with Crippen LogP contribution in [0.5, 0.6) is 5.75 Å². The number of nitrogens with one attached hydrogen (secondary N) is 1. The zero-order chi connectivity index (χ0) is 26.8. The largest absolute Gasteiger partial charge is 0.506 e. The summed E-state index contributed by atoms with van der Waals surface area (Å²) in [7, 11) is -6.44. The van der Waals surface area contributed by atoms with Gasteiger partial charge in [-0.2, -0.15) is 4.31 Å². The van der Waals surface area contributed by atoms with Crippen LogP contribution in [0.3, 0.4) is 0 Å². The fourth-order valence-electron chi connectivity index (χ4n) is 3.99. The van der Waals surface area contributed by atoms with E-state index in [0.29, 0.717) is 18.8 Å². The van der Waals surface area contributed by atoms with Gasteiger partial charge < -0.3 is 10.4 Å². The van der Waals surface area contributed by atoms with Gasteiger partial charge >= 0.3 is 0 Å². The molecule has 196 valence electrons. The number of carbonyl (C=O) groups excluding carboxylic acids is 1. The third-order valence-electron chi connectivity index (χ3n) is 6.13. The second kappa shape index (κ2) is 10.7. The Hall–Kier alpha value is -3.12. The lowest BCUT2D eigenvalue weighted by Crippen LogP contribution is -2.35. The van der Waals surface area contributed by atoms with Crippen molar-refractivity contribution < 1.29 is 26.7 Å². The number of carbonyl (C=O) groups is 1. The summed E-state index contributed by atoms with van der Waals surface area (Å²) in [5, 5.41) is 12.7. The van der Waals surface area contributed by atoms with E-state index >= 15 is 0 Å². The maximum absolute atomic E-state index is 13.2. The van der Waals surface area contributed by atoms with Gasteiger partial charge in [-0.3, -0.25) is 9.10 Å². The van der Waals surface area contributed by atoms with Gasteiger partial charge in [0.25, 0.3) is 15.9 Å². The molecule has 0 aliphatic carbocycles. The van der Waals surface area contributed by atoms with Crippen molar-refractivity contribution in [3.63, 3.8) is 0 Å². The first-order valence-corrected chi connectivity index (χ1v) is 14.8. The van der Waals surface area contributed by atoms with Gasteiger partial charge in [-0.1, -0.05) is 36.2 Å². The van der Waals surface area contributed by atoms with Gasteiger partial charge in [0.05, 0.1) is 31.8 Å². The Balaban J connectivity index is 1.62. The van der Waals surface area contributed by atoms with Crippen molar-refractivity contribution in [2.45, 2.75) is 29.1 Å². The Morgan fingerprint density at radius 3 is 2.24 bits per heavy atom. The average molecular weight is 564 g/mol. The first-order valence-electron chi connectivity index (χ1n) is 11.5. The van der Waals surface area contributed by atoms with Crippen LogP contribution in [-0.2, 0) is 20.0 Å². The molecule has 1 heterocycles. The number of halogens is 1. The molecule has 0 bridgehead atoms. The Morgan fingerprint density at radius 1 is 0.919 bits per heavy atom. The molecule has 37 heavy (non-hydrogen) atoms. The molecule has 3 aromatic rings. The predicted molar refractivity (Wildman–Crippen MR) is 142 cm³/mol. The third kappa shape index (κ3) is 5.59. The fraction of sp³-hybridized carbons (Fsp3) is 0.240. The fourth-order valence-corrected chi connectivity index (χ4v) is 6.96. The van der Waals surface area contributed by atoms with Crippen LogP contribution in [0.25, 0.3) is 0 Å². The number of phenols is 1. The maximum atomic E-state index is 13.2. The molecular weight excluding hydrogens is 538 g/mol. The molecule has 9 nitrogen and oxygen atoms in total. The van der Waals surface area contributed by atoms with Gasteiger partial charge in [-0.05, 0) is 61.4 Å². The monoisotopic (exact) mass is 563 g/mol. The smallest absolute Gasteiger partial charge is 0.264 e. The van der Waals surface area contributed by atoms with Gasteiger partial charge in [0, 0.05) is 20.1 Å². The van der Waals surface area contributed by atoms with Crippen molar-refractivity contribution in [2.75, 3.05) is 29.8 Å². The molecule has 0 spiro atoms. The lowest BCUT2D eigenvalue weighted by Gasteiger charge is -2.26. The number of amides is 1. The molecule has 1 aliphatic heterocycles. The van der Waals surface area contributed by atoms with Crippen LogP contribution in [0.4, 0.5) is 11.4 Å². The summed E-state index contributed by atoms with van der Waals surface area (Å²) in [6.07, 6.45) is 2.48. The zero-order valence-corrected chi connectivity index (χ0v) is 22.4. The quantitative estimate of drug-likeness (QED) is 0.413. The van der Waals surface area contributed by atoms with E-state index in [4.69, 9.17) is 11.6 Å². The Kier molecular flexibility index (Phi) is 7.79. The maximum Gasteiger partial charge on any atom is 0.264 e. The Morgan fingerprint density at radius 2 is 1.57 bits per heavy atom. The predicted octanol–water partition coefficient (Wildman–Crippen LogP) is 4.30. The minimum atomic E-state index is -4.02. The number of nitrogens with zero attached hydrogens (tertiary/aromatic N) is 2. The first-order chi connectivity index (χ1) is 17.5. The number of phenolic OH excluding ortho intramolecular Hbond substituents is 1. The standard InChI is InChI=1S/C25H26ClN3O6S2/c1-28(18-8-4-2-5-9-18)36(32,33)19-10-12-22(26)21(16-19)25(31)27-23-17-20(11-13-24(23)30)37(34,35)29-14-6-3-7-15-29/h2,4-5,8-13,16-17,30H,3,6-7,14-15H2,1H3,(H,27,31). The van der Waals surface area contributed by atoms with Crippen LogP contribution < -0.4 is 9.62 Å². The summed E-state index contributed by atoms with van der Waals surface area (Å²) in [6.45, 7) is 0.804. The van der Waals surface area contributed by atoms with E-state index in [1.807, 2.05) is 0 Å². The van der Waals surface area contributed by atoms with Crippen LogP contribution in [0.15, 0.2) is 76.5 Å². The molecule has 1 aliphatic rings. The van der Waals surface area contributed by atoms with Gasteiger partial charge in [-0.15, -0.1) is 0 Å². The summed E-state index contributed by atoms with van der Waals surface area (Å²) >= 11 is 6.21. The first kappa shape index (κ1) is 26.9. The summed E-state index contributed by atoms with van der Waals surface area (Å²) in [6, 6.07) is 15.8. The Bertz CT molecular complexity index is 1520. The van der Waals surface area contributed by atoms with Gasteiger partial charge in [-0.25, -0.2) is 16.8 Å². The van der Waals surface area contributed by atoms with Crippen LogP contribution in [0.1, 0.15) is 29.6 Å². The summed E-state index contributed by atoms with van der Waals surface area (Å²) < 4.78 is 54.9. The molecule has 1 amide bonds. The van der Waals surface area contributed by atoms with Crippen molar-refractivity contribution in [3.8, 4) is 5.75 Å². The van der Waals surface area contributed by atoms with Gasteiger partial charge in [0.2, 0.25) is 10.0 Å². The van der Waals surface area contributed by atoms with E-state index in [1.54, 1.807) is 30.3 Å². The molecule has 3 aromatic carbocycles. The van der Waals surface area contributed by atoms with Crippen LogP contribution in [0, 0.1) is 0 Å². The van der Waals surface area contributed by atoms with Crippen molar-refractivity contribution in [1.29, 1.82) is 0 Å². The molecular formula is C25H26ClN3O6S2. The van der Waals surface area contributed by atoms with Crippen molar-refractivity contribution in [3.05, 3.63) is 77.3 Å². The van der Waals surface area contributed by atoms with Gasteiger partial charge in [0.1, 0.15) is 5.75 Å². The van der Waals surface area contributed by atoms with E-state index in [-0.39, 0.29) is 31.8 Å². The number of benzene rings is 3. The molecule has 0 radical (unpaired) electrons. The number of piperidine rings is 1. The molecule has 0 aromatic heterocycles. The average Bonchev–Trinajstić information content (AvgIpc) is 2.90. The molecule has 0 unspecified atom stereocenters. The van der Waals surface area contributed by atoms with E-state index < -0.39 is 26.0 Å². The van der Waals surface area contributed by atoms with E-state index in [2.05, 4.69) is 5.32 Å². The number of para-hydroxylation sites is 1. The van der Waals surface area contributed by atoms with Crippen molar-refractivity contribution in [1.82, 2.24) is 4.31 Å². The third-order valence-corrected chi connectivity index (χ3v) is 10.1. The molecule has 12 heteroatoms. The highest BCUT2D eigenvalue weighted by Gasteiger charge is 2.28. The highest BCUT2D eigenvalue weighted by molar-refractivity contribution is 7.92. The molecule has 0 atom stereocenters. The van der Waals surface area contributed by atoms with E-state index in [1.165, 1.54) is 41.7 Å². The second-order valence-electron chi connectivity index (χ2n) is 8.55. The lowest BCUT2D eigenvalue weighted by atomic mass is 10.2. The van der Waals surface area contributed by atoms with Crippen LogP contribution in [0.2, 0.25) is 5.02 Å². The number of rotatable bonds is 7. The van der Waals surface area contributed by atoms with E-state index in [0.717, 1.165) is 29.6 Å². The number of aromatic hydroxyl groups is 1. The van der Waals surface area contributed by atoms with Gasteiger partial charge in [0.15, 0.2) is 0 Å². The molecule has 1 fully saturated rings. The number of sulfonamides is 2. The lowest BCUT2D eigenvalue weighted by molar-refractivity contribution is 0.102. The SMILES string of the molecule is CN(c1ccccc1)S(=O)(=O)c1ccc(Cl)c(C(=O)Nc2cc(S(=O)(=O)N3CCCCC3)ccc2O)c1. The van der Waals surface area contributed by atoms with Crippen molar-refractivity contribution in [2.24, 2.45) is 0 Å².